The lowest BCUT2D eigenvalue weighted by Crippen LogP contribution is -2.54. The van der Waals surface area contributed by atoms with Gasteiger partial charge in [-0.15, -0.1) is 0 Å². The van der Waals surface area contributed by atoms with Crippen molar-refractivity contribution in [1.29, 1.82) is 0 Å². The zero-order valence-electron chi connectivity index (χ0n) is 12.7. The van der Waals surface area contributed by atoms with E-state index in [1.165, 1.54) is 19.4 Å². The average molecular weight is 279 g/mol. The monoisotopic (exact) mass is 279 g/mol. The normalized spacial score (nSPS) is 28.8. The highest BCUT2D eigenvalue weighted by atomic mass is 16.5. The predicted octanol–water partition coefficient (Wildman–Crippen LogP) is 0.932. The molecule has 2 N–H and O–H groups in total. The molecular weight excluding hydrogens is 254 g/mol. The Kier molecular flexibility index (Phi) is 3.56. The maximum Gasteiger partial charge on any atom is 0.240 e. The quantitative estimate of drug-likeness (QED) is 0.887. The summed E-state index contributed by atoms with van der Waals surface area (Å²) in [6.07, 6.45) is 2.64. The van der Waals surface area contributed by atoms with Gasteiger partial charge in [-0.2, -0.15) is 4.98 Å². The Hall–Kier alpha value is -0.980. The number of nitrogens with zero attached hydrogens (tertiary/aromatic N) is 4. The van der Waals surface area contributed by atoms with Crippen molar-refractivity contribution in [3.05, 3.63) is 11.7 Å². The van der Waals surface area contributed by atoms with Gasteiger partial charge < -0.3 is 10.3 Å². The van der Waals surface area contributed by atoms with Gasteiger partial charge >= 0.3 is 0 Å². The number of fused-ring (bicyclic) bond motifs is 1. The fourth-order valence-electron chi connectivity index (χ4n) is 3.22. The van der Waals surface area contributed by atoms with Crippen molar-refractivity contribution >= 4 is 0 Å². The Balaban J connectivity index is 1.66. The van der Waals surface area contributed by atoms with Crippen LogP contribution in [0.4, 0.5) is 0 Å². The molecular formula is C14H25N5O. The summed E-state index contributed by atoms with van der Waals surface area (Å²) in [5.74, 6) is 1.26. The maximum atomic E-state index is 6.00. The molecule has 1 aromatic heterocycles. The molecule has 2 atom stereocenters. The average Bonchev–Trinajstić information content (AvgIpc) is 2.97. The Morgan fingerprint density at radius 2 is 2.20 bits per heavy atom. The van der Waals surface area contributed by atoms with Crippen molar-refractivity contribution in [1.82, 2.24) is 19.9 Å². The molecule has 0 spiro atoms. The molecule has 0 saturated carbocycles. The van der Waals surface area contributed by atoms with Crippen LogP contribution in [0.2, 0.25) is 0 Å². The topological polar surface area (TPSA) is 71.4 Å². The Morgan fingerprint density at radius 1 is 1.40 bits per heavy atom. The highest BCUT2D eigenvalue weighted by Crippen LogP contribution is 2.25. The van der Waals surface area contributed by atoms with E-state index in [1.54, 1.807) is 0 Å². The minimum Gasteiger partial charge on any atom is -0.338 e. The van der Waals surface area contributed by atoms with Crippen molar-refractivity contribution in [3.8, 4) is 0 Å². The van der Waals surface area contributed by atoms with E-state index < -0.39 is 5.54 Å². The summed E-state index contributed by atoms with van der Waals surface area (Å²) in [6.45, 7) is 10.3. The molecule has 0 aromatic carbocycles. The van der Waals surface area contributed by atoms with E-state index in [-0.39, 0.29) is 0 Å². The Bertz CT molecular complexity index is 466. The highest BCUT2D eigenvalue weighted by Gasteiger charge is 2.35. The van der Waals surface area contributed by atoms with Crippen LogP contribution in [0.5, 0.6) is 0 Å². The summed E-state index contributed by atoms with van der Waals surface area (Å²) in [4.78, 5) is 9.50. The molecule has 112 valence electrons. The minimum atomic E-state index is -0.544. The first-order valence-electron chi connectivity index (χ1n) is 7.53. The van der Waals surface area contributed by atoms with Gasteiger partial charge in [0.1, 0.15) is 0 Å². The number of piperazine rings is 1. The van der Waals surface area contributed by atoms with E-state index >= 15 is 0 Å². The number of hydrogen-bond acceptors (Lipinski definition) is 6. The van der Waals surface area contributed by atoms with Crippen LogP contribution in [-0.2, 0) is 12.1 Å². The van der Waals surface area contributed by atoms with Crippen molar-refractivity contribution in [2.75, 3.05) is 19.6 Å². The molecule has 2 saturated heterocycles. The lowest BCUT2D eigenvalue weighted by Gasteiger charge is -2.41. The van der Waals surface area contributed by atoms with Gasteiger partial charge in [-0.3, -0.25) is 9.80 Å². The fourth-order valence-corrected chi connectivity index (χ4v) is 3.22. The van der Waals surface area contributed by atoms with E-state index in [1.807, 2.05) is 13.8 Å². The second-order valence-electron chi connectivity index (χ2n) is 6.80. The molecule has 3 rings (SSSR count). The van der Waals surface area contributed by atoms with Gasteiger partial charge in [0, 0.05) is 25.2 Å². The third-order valence-electron chi connectivity index (χ3n) is 4.45. The third-order valence-corrected chi connectivity index (χ3v) is 4.45. The summed E-state index contributed by atoms with van der Waals surface area (Å²) in [6, 6.07) is 1.24. The summed E-state index contributed by atoms with van der Waals surface area (Å²) in [5.41, 5.74) is 5.45. The molecule has 0 bridgehead atoms. The molecule has 2 unspecified atom stereocenters. The van der Waals surface area contributed by atoms with Crippen LogP contribution >= 0.6 is 0 Å². The number of aromatic nitrogens is 2. The van der Waals surface area contributed by atoms with Crippen molar-refractivity contribution in [2.24, 2.45) is 5.73 Å². The summed E-state index contributed by atoms with van der Waals surface area (Å²) >= 11 is 0. The zero-order valence-corrected chi connectivity index (χ0v) is 12.7. The molecule has 0 radical (unpaired) electrons. The molecule has 6 heteroatoms. The van der Waals surface area contributed by atoms with Crippen LogP contribution in [0.3, 0.4) is 0 Å². The molecule has 2 aliphatic heterocycles. The first kappa shape index (κ1) is 14.0. The third kappa shape index (κ3) is 2.73. The number of rotatable bonds is 3. The number of hydrogen-bond donors (Lipinski definition) is 1. The lowest BCUT2D eigenvalue weighted by atomic mass is 10.1. The molecule has 20 heavy (non-hydrogen) atoms. The van der Waals surface area contributed by atoms with Crippen LogP contribution in [0.15, 0.2) is 4.52 Å². The first-order chi connectivity index (χ1) is 9.43. The van der Waals surface area contributed by atoms with E-state index in [9.17, 15) is 0 Å². The summed E-state index contributed by atoms with van der Waals surface area (Å²) < 4.78 is 5.36. The predicted molar refractivity (Wildman–Crippen MR) is 76.0 cm³/mol. The van der Waals surface area contributed by atoms with E-state index in [0.717, 1.165) is 19.6 Å². The molecule has 6 nitrogen and oxygen atoms in total. The number of nitrogens with two attached hydrogens (primary N) is 1. The molecule has 0 amide bonds. The second kappa shape index (κ2) is 5.09. The van der Waals surface area contributed by atoms with Gasteiger partial charge in [0.25, 0.3) is 0 Å². The van der Waals surface area contributed by atoms with Gasteiger partial charge in [-0.05, 0) is 40.2 Å². The van der Waals surface area contributed by atoms with Crippen LogP contribution in [0.1, 0.15) is 45.3 Å². The Morgan fingerprint density at radius 3 is 2.90 bits per heavy atom. The fraction of sp³-hybridized carbons (Fsp3) is 0.857. The zero-order chi connectivity index (χ0) is 14.3. The van der Waals surface area contributed by atoms with E-state index in [2.05, 4.69) is 26.9 Å². The Labute approximate surface area is 120 Å². The summed E-state index contributed by atoms with van der Waals surface area (Å²) in [7, 11) is 0. The van der Waals surface area contributed by atoms with Gasteiger partial charge in [0.05, 0.1) is 12.1 Å². The van der Waals surface area contributed by atoms with E-state index in [4.69, 9.17) is 10.3 Å². The smallest absolute Gasteiger partial charge is 0.240 e. The van der Waals surface area contributed by atoms with Gasteiger partial charge in [0.15, 0.2) is 5.82 Å². The van der Waals surface area contributed by atoms with Crippen LogP contribution in [0, 0.1) is 0 Å². The summed E-state index contributed by atoms with van der Waals surface area (Å²) in [5, 5.41) is 4.00. The first-order valence-corrected chi connectivity index (χ1v) is 7.53. The molecule has 0 aliphatic carbocycles. The van der Waals surface area contributed by atoms with Crippen molar-refractivity contribution in [2.45, 2.75) is 57.8 Å². The lowest BCUT2D eigenvalue weighted by molar-refractivity contribution is 0.0468. The second-order valence-corrected chi connectivity index (χ2v) is 6.80. The van der Waals surface area contributed by atoms with Crippen molar-refractivity contribution in [3.63, 3.8) is 0 Å². The van der Waals surface area contributed by atoms with Crippen LogP contribution in [0.25, 0.3) is 0 Å². The largest absolute Gasteiger partial charge is 0.338 e. The molecule has 1 aromatic rings. The van der Waals surface area contributed by atoms with Crippen LogP contribution in [-0.4, -0.2) is 51.7 Å². The molecule has 2 fully saturated rings. The van der Waals surface area contributed by atoms with E-state index in [0.29, 0.717) is 23.8 Å². The minimum absolute atomic E-state index is 0.533. The van der Waals surface area contributed by atoms with Gasteiger partial charge in [-0.1, -0.05) is 5.16 Å². The van der Waals surface area contributed by atoms with Crippen LogP contribution < -0.4 is 5.73 Å². The van der Waals surface area contributed by atoms with Gasteiger partial charge in [-0.25, -0.2) is 0 Å². The maximum absolute atomic E-state index is 6.00. The standard InChI is InChI=1S/C14H25N5O/c1-10-7-18-6-4-5-11(18)8-19(10)9-12-16-13(17-20-12)14(2,3)15/h10-11H,4-9,15H2,1-3H3. The SMILES string of the molecule is CC1CN2CCCC2CN1Cc1nc(C(C)(C)N)no1. The van der Waals surface area contributed by atoms with Crippen molar-refractivity contribution < 1.29 is 4.52 Å². The van der Waals surface area contributed by atoms with Gasteiger partial charge in [0.2, 0.25) is 5.89 Å². The molecule has 3 heterocycles. The highest BCUT2D eigenvalue weighted by molar-refractivity contribution is 5.00. The molecule has 2 aliphatic rings.